The van der Waals surface area contributed by atoms with E-state index < -0.39 is 23.7 Å². The molecule has 41 heavy (non-hydrogen) atoms. The molecule has 2 aliphatic heterocycles. The number of hydrogen-bond acceptors (Lipinski definition) is 7. The normalized spacial score (nSPS) is 20.0. The minimum Gasteiger partial charge on any atom is -0.493 e. The van der Waals surface area contributed by atoms with Gasteiger partial charge in [0.25, 0.3) is 5.91 Å². The summed E-state index contributed by atoms with van der Waals surface area (Å²) in [5.41, 5.74) is 1.50. The number of hydrogen-bond donors (Lipinski definition) is 1. The first-order valence-electron chi connectivity index (χ1n) is 14.2. The second kappa shape index (κ2) is 11.8. The molecule has 2 saturated heterocycles. The molecule has 1 saturated carbocycles. The zero-order chi connectivity index (χ0) is 28.5. The Morgan fingerprint density at radius 2 is 1.88 bits per heavy atom. The van der Waals surface area contributed by atoms with Crippen molar-refractivity contribution >= 4 is 23.5 Å². The van der Waals surface area contributed by atoms with Gasteiger partial charge in [-0.05, 0) is 87.2 Å². The van der Waals surface area contributed by atoms with Crippen molar-refractivity contribution < 1.29 is 28.3 Å². The van der Waals surface area contributed by atoms with E-state index >= 15 is 4.39 Å². The summed E-state index contributed by atoms with van der Waals surface area (Å²) in [5, 5.41) is 14.1. The van der Waals surface area contributed by atoms with E-state index in [2.05, 4.69) is 15.0 Å². The molecule has 216 valence electrons. The first-order chi connectivity index (χ1) is 19.9. The van der Waals surface area contributed by atoms with Crippen LogP contribution in [0.2, 0.25) is 5.02 Å². The predicted molar refractivity (Wildman–Crippen MR) is 148 cm³/mol. The van der Waals surface area contributed by atoms with Gasteiger partial charge in [0.1, 0.15) is 17.6 Å². The molecular weight excluding hydrogens is 551 g/mol. The molecule has 11 heteroatoms. The van der Waals surface area contributed by atoms with Gasteiger partial charge in [-0.1, -0.05) is 28.9 Å². The Kier molecular flexibility index (Phi) is 7.94. The second-order valence-electron chi connectivity index (χ2n) is 11.2. The largest absolute Gasteiger partial charge is 0.493 e. The average Bonchev–Trinajstić information content (AvgIpc) is 3.49. The molecule has 1 amide bonds. The standard InChI is InChI=1S/C30H32ClFN4O5/c31-23-5-2-1-4-20(23)28-33-27(41-34-28)16-35-12-9-18(10-13-35)17-40-26-15-24(32)22(14-21(26)19-7-8-19)29(37)36-11-3-6-25(36)30(38)39/h1-2,4-5,14-15,18-19,25H,3,6-13,16-17H2,(H,38,39)/t25-/m0/s1. The van der Waals surface area contributed by atoms with Crippen LogP contribution in [-0.4, -0.2) is 69.2 Å². The number of aliphatic carboxylic acids is 1. The van der Waals surface area contributed by atoms with Gasteiger partial charge in [0.15, 0.2) is 0 Å². The van der Waals surface area contributed by atoms with Gasteiger partial charge in [0.05, 0.1) is 23.7 Å². The van der Waals surface area contributed by atoms with Crippen LogP contribution in [0.5, 0.6) is 5.75 Å². The topological polar surface area (TPSA) is 109 Å². The van der Waals surface area contributed by atoms with Gasteiger partial charge in [-0.15, -0.1) is 0 Å². The summed E-state index contributed by atoms with van der Waals surface area (Å²) in [6.45, 7) is 3.02. The summed E-state index contributed by atoms with van der Waals surface area (Å²) < 4.78 is 26.8. The van der Waals surface area contributed by atoms with Gasteiger partial charge in [-0.3, -0.25) is 9.69 Å². The summed E-state index contributed by atoms with van der Waals surface area (Å²) >= 11 is 6.25. The molecule has 1 N–H and O–H groups in total. The number of benzene rings is 2. The molecule has 0 unspecified atom stereocenters. The molecule has 3 fully saturated rings. The highest BCUT2D eigenvalue weighted by Gasteiger charge is 2.37. The first-order valence-corrected chi connectivity index (χ1v) is 14.5. The van der Waals surface area contributed by atoms with E-state index in [4.69, 9.17) is 20.9 Å². The molecule has 9 nitrogen and oxygen atoms in total. The van der Waals surface area contributed by atoms with Gasteiger partial charge in [0.2, 0.25) is 11.7 Å². The van der Waals surface area contributed by atoms with Gasteiger partial charge < -0.3 is 19.3 Å². The summed E-state index contributed by atoms with van der Waals surface area (Å²) in [6, 6.07) is 9.38. The lowest BCUT2D eigenvalue weighted by atomic mass is 9.97. The number of carbonyl (C=O) groups excluding carboxylic acids is 1. The van der Waals surface area contributed by atoms with Crippen LogP contribution in [0.15, 0.2) is 40.9 Å². The Hall–Kier alpha value is -3.50. The van der Waals surface area contributed by atoms with Crippen molar-refractivity contribution in [1.29, 1.82) is 0 Å². The van der Waals surface area contributed by atoms with E-state index in [0.29, 0.717) is 60.9 Å². The maximum absolute atomic E-state index is 15.2. The van der Waals surface area contributed by atoms with E-state index in [0.717, 1.165) is 49.9 Å². The fourth-order valence-corrected chi connectivity index (χ4v) is 6.00. The molecule has 0 bridgehead atoms. The van der Waals surface area contributed by atoms with Crippen LogP contribution in [0.3, 0.4) is 0 Å². The number of nitrogens with zero attached hydrogens (tertiary/aromatic N) is 4. The van der Waals surface area contributed by atoms with E-state index in [1.807, 2.05) is 18.2 Å². The van der Waals surface area contributed by atoms with Gasteiger partial charge >= 0.3 is 5.97 Å². The Morgan fingerprint density at radius 3 is 2.61 bits per heavy atom. The third-order valence-corrected chi connectivity index (χ3v) is 8.60. The number of amides is 1. The molecular formula is C30H32ClFN4O5. The van der Waals surface area contributed by atoms with E-state index in [1.165, 1.54) is 11.0 Å². The van der Waals surface area contributed by atoms with Crippen molar-refractivity contribution in [3.05, 3.63) is 64.3 Å². The Bertz CT molecular complexity index is 1440. The molecule has 1 atom stereocenters. The van der Waals surface area contributed by atoms with Crippen LogP contribution >= 0.6 is 11.6 Å². The SMILES string of the molecule is O=C(O)[C@@H]1CCCN1C(=O)c1cc(C2CC2)c(OCC2CCN(Cc3nc(-c4ccccc4Cl)no3)CC2)cc1F. The summed E-state index contributed by atoms with van der Waals surface area (Å²) in [6.07, 6.45) is 4.73. The van der Waals surface area contributed by atoms with E-state index in [9.17, 15) is 14.7 Å². The molecule has 2 aromatic carbocycles. The van der Waals surface area contributed by atoms with Crippen molar-refractivity contribution in [1.82, 2.24) is 19.9 Å². The zero-order valence-corrected chi connectivity index (χ0v) is 23.4. The number of rotatable bonds is 9. The number of carboxylic acids is 1. The lowest BCUT2D eigenvalue weighted by Crippen LogP contribution is -2.40. The molecule has 3 aliphatic rings. The highest BCUT2D eigenvalue weighted by Crippen LogP contribution is 2.45. The van der Waals surface area contributed by atoms with Crippen molar-refractivity contribution in [3.8, 4) is 17.1 Å². The highest BCUT2D eigenvalue weighted by atomic mass is 35.5. The maximum atomic E-state index is 15.2. The van der Waals surface area contributed by atoms with E-state index in [1.54, 1.807) is 12.1 Å². The van der Waals surface area contributed by atoms with Crippen LogP contribution in [0.1, 0.15) is 66.3 Å². The van der Waals surface area contributed by atoms with Crippen LogP contribution in [0.4, 0.5) is 4.39 Å². The fraction of sp³-hybridized carbons (Fsp3) is 0.467. The molecule has 0 spiro atoms. The van der Waals surface area contributed by atoms with Crippen molar-refractivity contribution in [3.63, 3.8) is 0 Å². The first kappa shape index (κ1) is 27.7. The minimum absolute atomic E-state index is 0.0700. The number of halogens is 2. The monoisotopic (exact) mass is 582 g/mol. The summed E-state index contributed by atoms with van der Waals surface area (Å²) in [4.78, 5) is 32.7. The predicted octanol–water partition coefficient (Wildman–Crippen LogP) is 5.39. The maximum Gasteiger partial charge on any atom is 0.326 e. The van der Waals surface area contributed by atoms with Crippen molar-refractivity contribution in [2.75, 3.05) is 26.2 Å². The van der Waals surface area contributed by atoms with Gasteiger partial charge in [-0.25, -0.2) is 9.18 Å². The van der Waals surface area contributed by atoms with Crippen LogP contribution in [-0.2, 0) is 11.3 Å². The van der Waals surface area contributed by atoms with Crippen molar-refractivity contribution in [2.45, 2.75) is 57.0 Å². The Morgan fingerprint density at radius 1 is 1.10 bits per heavy atom. The zero-order valence-electron chi connectivity index (χ0n) is 22.6. The fourth-order valence-electron chi connectivity index (χ4n) is 5.78. The van der Waals surface area contributed by atoms with Crippen molar-refractivity contribution in [2.24, 2.45) is 5.92 Å². The number of carbonyl (C=O) groups is 2. The number of aromatic nitrogens is 2. The second-order valence-corrected chi connectivity index (χ2v) is 11.6. The molecule has 3 aromatic rings. The molecule has 3 heterocycles. The molecule has 1 aliphatic carbocycles. The third-order valence-electron chi connectivity index (χ3n) is 8.27. The smallest absolute Gasteiger partial charge is 0.326 e. The minimum atomic E-state index is -1.05. The quantitative estimate of drug-likeness (QED) is 0.358. The van der Waals surface area contributed by atoms with Crippen LogP contribution in [0.25, 0.3) is 11.4 Å². The number of carboxylic acid groups (broad SMARTS) is 1. The summed E-state index contributed by atoms with van der Waals surface area (Å²) in [5.74, 6) is -0.242. The number of likely N-dealkylation sites (tertiary alicyclic amines) is 2. The third kappa shape index (κ3) is 6.08. The average molecular weight is 583 g/mol. The Balaban J connectivity index is 1.05. The molecule has 0 radical (unpaired) electrons. The molecule has 1 aromatic heterocycles. The lowest BCUT2D eigenvalue weighted by Gasteiger charge is -2.31. The van der Waals surface area contributed by atoms with Gasteiger partial charge in [-0.2, -0.15) is 4.98 Å². The number of ether oxygens (including phenoxy) is 1. The van der Waals surface area contributed by atoms with Crippen LogP contribution in [0, 0.1) is 11.7 Å². The van der Waals surface area contributed by atoms with E-state index in [-0.39, 0.29) is 11.5 Å². The molecule has 6 rings (SSSR count). The lowest BCUT2D eigenvalue weighted by molar-refractivity contribution is -0.141. The van der Waals surface area contributed by atoms with Gasteiger partial charge in [0, 0.05) is 18.2 Å². The van der Waals surface area contributed by atoms with Crippen LogP contribution < -0.4 is 4.74 Å². The summed E-state index contributed by atoms with van der Waals surface area (Å²) in [7, 11) is 0. The number of piperidine rings is 1. The highest BCUT2D eigenvalue weighted by molar-refractivity contribution is 6.33. The Labute approximate surface area is 242 Å².